The van der Waals surface area contributed by atoms with Crippen LogP contribution in [0.4, 0.5) is 11.4 Å². The standard InChI is InChI=1S/C23H27N3O3/c1-23(2,3)19-7-4-18(5-8-19)6-13-22(27)25-16-14-24(15-17-25)20-9-11-21(12-10-20)26(28)29/h4-13H,14-17H2,1-3H3/b13-6+. The SMILES string of the molecule is CC(C)(C)c1ccc(/C=C/C(=O)N2CCN(c3ccc([N+](=O)[O-])cc3)CC2)cc1. The number of non-ortho nitro benzene ring substituents is 1. The Kier molecular flexibility index (Phi) is 6.01. The van der Waals surface area contributed by atoms with Gasteiger partial charge in [-0.1, -0.05) is 45.0 Å². The molecule has 0 saturated carbocycles. The van der Waals surface area contributed by atoms with Gasteiger partial charge in [-0.25, -0.2) is 0 Å². The molecule has 0 bridgehead atoms. The second-order valence-corrected chi connectivity index (χ2v) is 8.29. The number of anilines is 1. The van der Waals surface area contributed by atoms with Crippen molar-refractivity contribution in [3.8, 4) is 0 Å². The zero-order chi connectivity index (χ0) is 21.0. The van der Waals surface area contributed by atoms with Gasteiger partial charge in [-0.05, 0) is 34.8 Å². The van der Waals surface area contributed by atoms with Crippen molar-refractivity contribution in [3.63, 3.8) is 0 Å². The number of hydrogen-bond donors (Lipinski definition) is 0. The van der Waals surface area contributed by atoms with E-state index >= 15 is 0 Å². The van der Waals surface area contributed by atoms with Gasteiger partial charge in [0.2, 0.25) is 5.91 Å². The molecule has 1 saturated heterocycles. The lowest BCUT2D eigenvalue weighted by atomic mass is 9.87. The van der Waals surface area contributed by atoms with Crippen LogP contribution in [0.2, 0.25) is 0 Å². The van der Waals surface area contributed by atoms with Crippen LogP contribution in [0, 0.1) is 10.1 Å². The number of hydrogen-bond acceptors (Lipinski definition) is 4. The number of benzene rings is 2. The molecular formula is C23H27N3O3. The first-order chi connectivity index (χ1) is 13.7. The normalized spacial score (nSPS) is 15.0. The van der Waals surface area contributed by atoms with Crippen LogP contribution in [0.5, 0.6) is 0 Å². The summed E-state index contributed by atoms with van der Waals surface area (Å²) in [5.74, 6) is 0.00764. The van der Waals surface area contributed by atoms with Crippen molar-refractivity contribution in [2.75, 3.05) is 31.1 Å². The Bertz CT molecular complexity index is 888. The van der Waals surface area contributed by atoms with Gasteiger partial charge in [0, 0.05) is 50.1 Å². The van der Waals surface area contributed by atoms with E-state index in [9.17, 15) is 14.9 Å². The molecule has 6 heteroatoms. The van der Waals surface area contributed by atoms with Crippen molar-refractivity contribution in [2.24, 2.45) is 0 Å². The molecule has 0 radical (unpaired) electrons. The van der Waals surface area contributed by atoms with Gasteiger partial charge in [-0.2, -0.15) is 0 Å². The van der Waals surface area contributed by atoms with Crippen LogP contribution < -0.4 is 4.90 Å². The number of nitro benzene ring substituents is 1. The van der Waals surface area contributed by atoms with Crippen molar-refractivity contribution in [1.82, 2.24) is 4.90 Å². The van der Waals surface area contributed by atoms with Crippen molar-refractivity contribution in [3.05, 3.63) is 75.8 Å². The van der Waals surface area contributed by atoms with Crippen molar-refractivity contribution < 1.29 is 9.72 Å². The molecule has 29 heavy (non-hydrogen) atoms. The van der Waals surface area contributed by atoms with Gasteiger partial charge in [0.1, 0.15) is 0 Å². The van der Waals surface area contributed by atoms with Crippen LogP contribution in [-0.2, 0) is 10.2 Å². The lowest BCUT2D eigenvalue weighted by Gasteiger charge is -2.35. The summed E-state index contributed by atoms with van der Waals surface area (Å²) < 4.78 is 0. The van der Waals surface area contributed by atoms with E-state index in [1.807, 2.05) is 23.1 Å². The van der Waals surface area contributed by atoms with E-state index in [1.54, 1.807) is 18.2 Å². The number of rotatable bonds is 4. The molecule has 2 aromatic carbocycles. The minimum absolute atomic E-state index is 0.00764. The van der Waals surface area contributed by atoms with E-state index < -0.39 is 4.92 Å². The Balaban J connectivity index is 1.54. The molecule has 3 rings (SSSR count). The molecule has 1 amide bonds. The van der Waals surface area contributed by atoms with Crippen LogP contribution in [0.1, 0.15) is 31.9 Å². The fourth-order valence-electron chi connectivity index (χ4n) is 3.34. The van der Waals surface area contributed by atoms with Crippen LogP contribution in [0.3, 0.4) is 0 Å². The summed E-state index contributed by atoms with van der Waals surface area (Å²) in [6.45, 7) is 9.20. The van der Waals surface area contributed by atoms with Gasteiger partial charge in [0.05, 0.1) is 4.92 Å². The van der Waals surface area contributed by atoms with Crippen molar-refractivity contribution in [2.45, 2.75) is 26.2 Å². The first-order valence-corrected chi connectivity index (χ1v) is 9.81. The van der Waals surface area contributed by atoms with E-state index in [4.69, 9.17) is 0 Å². The highest BCUT2D eigenvalue weighted by Crippen LogP contribution is 2.23. The average Bonchev–Trinajstić information content (AvgIpc) is 2.72. The monoisotopic (exact) mass is 393 g/mol. The van der Waals surface area contributed by atoms with Gasteiger partial charge >= 0.3 is 0 Å². The van der Waals surface area contributed by atoms with Crippen molar-refractivity contribution >= 4 is 23.4 Å². The van der Waals surface area contributed by atoms with Gasteiger partial charge in [0.15, 0.2) is 0 Å². The maximum absolute atomic E-state index is 12.5. The molecule has 2 aromatic rings. The van der Waals surface area contributed by atoms with Gasteiger partial charge in [-0.15, -0.1) is 0 Å². The molecule has 152 valence electrons. The Labute approximate surface area is 171 Å². The van der Waals surface area contributed by atoms with Crippen molar-refractivity contribution in [1.29, 1.82) is 0 Å². The Hall–Kier alpha value is -3.15. The summed E-state index contributed by atoms with van der Waals surface area (Å²) in [6.07, 6.45) is 3.49. The summed E-state index contributed by atoms with van der Waals surface area (Å²) in [4.78, 5) is 26.9. The number of carbonyl (C=O) groups excluding carboxylic acids is 1. The first kappa shape index (κ1) is 20.6. The fourth-order valence-corrected chi connectivity index (χ4v) is 3.34. The number of nitrogens with zero attached hydrogens (tertiary/aromatic N) is 3. The number of piperazine rings is 1. The van der Waals surface area contributed by atoms with Crippen LogP contribution in [0.25, 0.3) is 6.08 Å². The zero-order valence-corrected chi connectivity index (χ0v) is 17.2. The predicted molar refractivity (Wildman–Crippen MR) is 116 cm³/mol. The molecule has 0 N–H and O–H groups in total. The van der Waals surface area contributed by atoms with Crippen LogP contribution in [0.15, 0.2) is 54.6 Å². The molecule has 6 nitrogen and oxygen atoms in total. The third-order valence-electron chi connectivity index (χ3n) is 5.21. The summed E-state index contributed by atoms with van der Waals surface area (Å²) >= 11 is 0. The lowest BCUT2D eigenvalue weighted by molar-refractivity contribution is -0.384. The molecule has 1 aliphatic heterocycles. The first-order valence-electron chi connectivity index (χ1n) is 9.81. The zero-order valence-electron chi connectivity index (χ0n) is 17.2. The number of carbonyl (C=O) groups is 1. The van der Waals surface area contributed by atoms with E-state index in [0.717, 1.165) is 11.3 Å². The van der Waals surface area contributed by atoms with E-state index in [2.05, 4.69) is 37.8 Å². The predicted octanol–water partition coefficient (Wildman–Crippen LogP) is 4.25. The Morgan fingerprint density at radius 2 is 1.55 bits per heavy atom. The number of nitro groups is 1. The highest BCUT2D eigenvalue weighted by Gasteiger charge is 2.20. The largest absolute Gasteiger partial charge is 0.368 e. The lowest BCUT2D eigenvalue weighted by Crippen LogP contribution is -2.48. The second kappa shape index (κ2) is 8.47. The highest BCUT2D eigenvalue weighted by atomic mass is 16.6. The third-order valence-corrected chi connectivity index (χ3v) is 5.21. The van der Waals surface area contributed by atoms with Crippen LogP contribution >= 0.6 is 0 Å². The molecule has 0 spiro atoms. The topological polar surface area (TPSA) is 66.7 Å². The maximum atomic E-state index is 12.5. The smallest absolute Gasteiger partial charge is 0.269 e. The minimum atomic E-state index is -0.399. The Morgan fingerprint density at radius 1 is 0.966 bits per heavy atom. The summed E-state index contributed by atoms with van der Waals surface area (Å²) in [5.41, 5.74) is 3.42. The number of amides is 1. The average molecular weight is 393 g/mol. The Morgan fingerprint density at radius 3 is 2.07 bits per heavy atom. The quantitative estimate of drug-likeness (QED) is 0.442. The highest BCUT2D eigenvalue weighted by molar-refractivity contribution is 5.92. The maximum Gasteiger partial charge on any atom is 0.269 e. The van der Waals surface area contributed by atoms with E-state index in [0.29, 0.717) is 26.2 Å². The van der Waals surface area contributed by atoms with Gasteiger partial charge in [0.25, 0.3) is 5.69 Å². The molecule has 0 aromatic heterocycles. The van der Waals surface area contributed by atoms with E-state index in [1.165, 1.54) is 17.7 Å². The molecule has 0 aliphatic carbocycles. The molecule has 1 fully saturated rings. The molecule has 0 unspecified atom stereocenters. The summed E-state index contributed by atoms with van der Waals surface area (Å²) in [5, 5.41) is 10.8. The molecule has 0 atom stereocenters. The minimum Gasteiger partial charge on any atom is -0.368 e. The summed E-state index contributed by atoms with van der Waals surface area (Å²) in [6, 6.07) is 14.8. The van der Waals surface area contributed by atoms with Gasteiger partial charge < -0.3 is 9.80 Å². The summed E-state index contributed by atoms with van der Waals surface area (Å²) in [7, 11) is 0. The van der Waals surface area contributed by atoms with Crippen LogP contribution in [-0.4, -0.2) is 41.9 Å². The van der Waals surface area contributed by atoms with Gasteiger partial charge in [-0.3, -0.25) is 14.9 Å². The second-order valence-electron chi connectivity index (χ2n) is 8.29. The molecule has 1 heterocycles. The fraction of sp³-hybridized carbons (Fsp3) is 0.348. The van der Waals surface area contributed by atoms with E-state index in [-0.39, 0.29) is 17.0 Å². The molecular weight excluding hydrogens is 366 g/mol. The molecule has 1 aliphatic rings. The third kappa shape index (κ3) is 5.22.